The van der Waals surface area contributed by atoms with Crippen LogP contribution in [0, 0.1) is 22.7 Å². The molecule has 0 amide bonds. The van der Waals surface area contributed by atoms with Gasteiger partial charge in [-0.3, -0.25) is 0 Å². The molecule has 3 nitrogen and oxygen atoms in total. The Hall–Kier alpha value is -1.72. The van der Waals surface area contributed by atoms with Gasteiger partial charge in [0.1, 0.15) is 17.5 Å². The van der Waals surface area contributed by atoms with Gasteiger partial charge in [-0.25, -0.2) is 13.8 Å². The smallest absolute Gasteiger partial charge is 0.236 e. The van der Waals surface area contributed by atoms with E-state index >= 15 is 0 Å². The molecule has 0 aromatic carbocycles. The number of halogens is 3. The van der Waals surface area contributed by atoms with Gasteiger partial charge in [-0.05, 0) is 17.2 Å². The summed E-state index contributed by atoms with van der Waals surface area (Å²) in [6.45, 7) is 0. The Bertz CT molecular complexity index is 474. The SMILES string of the molecule is N#CCc1cc(C#N)nc(C(F)F)c1CCl. The number of pyridine rings is 1. The van der Waals surface area contributed by atoms with Crippen molar-refractivity contribution in [1.82, 2.24) is 4.98 Å². The first-order valence-electron chi connectivity index (χ1n) is 4.27. The highest BCUT2D eigenvalue weighted by Crippen LogP contribution is 2.26. The summed E-state index contributed by atoms with van der Waals surface area (Å²) >= 11 is 5.55. The summed E-state index contributed by atoms with van der Waals surface area (Å²) in [5, 5.41) is 17.2. The Balaban J connectivity index is 3.42. The van der Waals surface area contributed by atoms with E-state index in [0.29, 0.717) is 5.56 Å². The minimum Gasteiger partial charge on any atom is -0.236 e. The molecule has 1 heterocycles. The van der Waals surface area contributed by atoms with Gasteiger partial charge in [-0.1, -0.05) is 0 Å². The van der Waals surface area contributed by atoms with Crippen LogP contribution < -0.4 is 0 Å². The maximum atomic E-state index is 12.6. The van der Waals surface area contributed by atoms with Gasteiger partial charge < -0.3 is 0 Å². The van der Waals surface area contributed by atoms with E-state index < -0.39 is 12.1 Å². The zero-order chi connectivity index (χ0) is 12.1. The second-order valence-corrected chi connectivity index (χ2v) is 3.18. The van der Waals surface area contributed by atoms with E-state index in [0.717, 1.165) is 0 Å². The van der Waals surface area contributed by atoms with Crippen molar-refractivity contribution in [1.29, 1.82) is 10.5 Å². The van der Waals surface area contributed by atoms with Crippen molar-refractivity contribution in [2.24, 2.45) is 0 Å². The molecule has 82 valence electrons. The van der Waals surface area contributed by atoms with Gasteiger partial charge in [0, 0.05) is 5.88 Å². The zero-order valence-electron chi connectivity index (χ0n) is 8.04. The molecule has 0 unspecified atom stereocenters. The third-order valence-corrected chi connectivity index (χ3v) is 2.24. The number of hydrogen-bond acceptors (Lipinski definition) is 3. The van der Waals surface area contributed by atoms with E-state index in [1.54, 1.807) is 6.07 Å². The highest BCUT2D eigenvalue weighted by Gasteiger charge is 2.19. The predicted molar refractivity (Wildman–Crippen MR) is 52.8 cm³/mol. The fourth-order valence-electron chi connectivity index (χ4n) is 1.28. The average molecular weight is 242 g/mol. The Morgan fingerprint density at radius 1 is 1.44 bits per heavy atom. The standard InChI is InChI=1S/C10H6ClF2N3/c11-4-8-6(1-2-14)3-7(5-15)16-9(8)10(12)13/h3,10H,1,4H2. The Morgan fingerprint density at radius 3 is 2.56 bits per heavy atom. The quantitative estimate of drug-likeness (QED) is 0.765. The number of aromatic nitrogens is 1. The van der Waals surface area contributed by atoms with E-state index in [1.165, 1.54) is 6.07 Å². The molecule has 0 spiro atoms. The van der Waals surface area contributed by atoms with Crippen LogP contribution >= 0.6 is 11.6 Å². The van der Waals surface area contributed by atoms with Gasteiger partial charge in [0.2, 0.25) is 0 Å². The van der Waals surface area contributed by atoms with Crippen LogP contribution in [0.25, 0.3) is 0 Å². The summed E-state index contributed by atoms with van der Waals surface area (Å²) in [5.41, 5.74) is -0.176. The lowest BCUT2D eigenvalue weighted by molar-refractivity contribution is 0.145. The predicted octanol–water partition coefficient (Wildman–Crippen LogP) is 2.70. The molecule has 1 rings (SSSR count). The molecule has 6 heteroatoms. The van der Waals surface area contributed by atoms with E-state index in [4.69, 9.17) is 22.1 Å². The second-order valence-electron chi connectivity index (χ2n) is 2.91. The van der Waals surface area contributed by atoms with Crippen molar-refractivity contribution in [3.63, 3.8) is 0 Å². The third kappa shape index (κ3) is 2.44. The summed E-state index contributed by atoms with van der Waals surface area (Å²) < 4.78 is 25.3. The number of rotatable bonds is 3. The van der Waals surface area contributed by atoms with Gasteiger partial charge in [0.25, 0.3) is 6.43 Å². The van der Waals surface area contributed by atoms with Crippen LogP contribution in [0.5, 0.6) is 0 Å². The van der Waals surface area contributed by atoms with E-state index in [1.807, 2.05) is 6.07 Å². The average Bonchev–Trinajstić information content (AvgIpc) is 2.28. The van der Waals surface area contributed by atoms with Crippen LogP contribution in [0.1, 0.15) is 28.9 Å². The lowest BCUT2D eigenvalue weighted by Crippen LogP contribution is -2.04. The van der Waals surface area contributed by atoms with Crippen molar-refractivity contribution >= 4 is 11.6 Å². The maximum absolute atomic E-state index is 12.6. The molecule has 0 fully saturated rings. The molecule has 0 saturated heterocycles. The fourth-order valence-corrected chi connectivity index (χ4v) is 1.59. The molecular weight excluding hydrogens is 236 g/mol. The minimum absolute atomic E-state index is 0.0705. The van der Waals surface area contributed by atoms with Gasteiger partial charge in [0.05, 0.1) is 12.5 Å². The first-order chi connectivity index (χ1) is 7.63. The molecule has 0 radical (unpaired) electrons. The van der Waals surface area contributed by atoms with Crippen molar-refractivity contribution in [3.8, 4) is 12.1 Å². The van der Waals surface area contributed by atoms with Gasteiger partial charge in [-0.2, -0.15) is 10.5 Å². The van der Waals surface area contributed by atoms with Crippen LogP contribution in [0.15, 0.2) is 6.07 Å². The van der Waals surface area contributed by atoms with Crippen molar-refractivity contribution in [2.45, 2.75) is 18.7 Å². The lowest BCUT2D eigenvalue weighted by atomic mass is 10.0. The highest BCUT2D eigenvalue weighted by molar-refractivity contribution is 6.17. The molecule has 0 aliphatic heterocycles. The fraction of sp³-hybridized carbons (Fsp3) is 0.300. The number of nitrogens with zero attached hydrogens (tertiary/aromatic N) is 3. The first kappa shape index (κ1) is 12.4. The van der Waals surface area contributed by atoms with Crippen LogP contribution in [0.4, 0.5) is 8.78 Å². The summed E-state index contributed by atoms with van der Waals surface area (Å²) in [7, 11) is 0. The van der Waals surface area contributed by atoms with Crippen molar-refractivity contribution in [3.05, 3.63) is 28.6 Å². The molecular formula is C10H6ClF2N3. The van der Waals surface area contributed by atoms with Crippen LogP contribution in [0.3, 0.4) is 0 Å². The third-order valence-electron chi connectivity index (χ3n) is 1.97. The molecule has 0 atom stereocenters. The summed E-state index contributed by atoms with van der Waals surface area (Å²) in [4.78, 5) is 3.50. The molecule has 16 heavy (non-hydrogen) atoms. The molecule has 0 saturated carbocycles. The molecule has 1 aromatic heterocycles. The van der Waals surface area contributed by atoms with Gasteiger partial charge in [0.15, 0.2) is 0 Å². The van der Waals surface area contributed by atoms with E-state index in [9.17, 15) is 8.78 Å². The molecule has 0 N–H and O–H groups in total. The Labute approximate surface area is 95.9 Å². The van der Waals surface area contributed by atoms with E-state index in [-0.39, 0.29) is 23.6 Å². The van der Waals surface area contributed by atoms with Crippen LogP contribution in [-0.4, -0.2) is 4.98 Å². The van der Waals surface area contributed by atoms with E-state index in [2.05, 4.69) is 4.98 Å². The Morgan fingerprint density at radius 2 is 2.12 bits per heavy atom. The van der Waals surface area contributed by atoms with Gasteiger partial charge in [-0.15, -0.1) is 11.6 Å². The summed E-state index contributed by atoms with van der Waals surface area (Å²) in [6, 6.07) is 4.82. The second kappa shape index (κ2) is 5.39. The number of nitriles is 2. The largest absolute Gasteiger partial charge is 0.280 e. The molecule has 1 aromatic rings. The van der Waals surface area contributed by atoms with Crippen LogP contribution in [-0.2, 0) is 12.3 Å². The first-order valence-corrected chi connectivity index (χ1v) is 4.81. The lowest BCUT2D eigenvalue weighted by Gasteiger charge is -2.09. The maximum Gasteiger partial charge on any atom is 0.280 e. The monoisotopic (exact) mass is 241 g/mol. The topological polar surface area (TPSA) is 60.5 Å². The molecule has 0 aliphatic rings. The van der Waals surface area contributed by atoms with Gasteiger partial charge >= 0.3 is 0 Å². The minimum atomic E-state index is -2.81. The molecule has 0 aliphatic carbocycles. The number of hydrogen-bond donors (Lipinski definition) is 0. The zero-order valence-corrected chi connectivity index (χ0v) is 8.80. The summed E-state index contributed by atoms with van der Waals surface area (Å²) in [5.74, 6) is -0.157. The highest BCUT2D eigenvalue weighted by atomic mass is 35.5. The van der Waals surface area contributed by atoms with Crippen LogP contribution in [0.2, 0.25) is 0 Å². The van der Waals surface area contributed by atoms with Crippen molar-refractivity contribution in [2.75, 3.05) is 0 Å². The molecule has 0 bridgehead atoms. The summed E-state index contributed by atoms with van der Waals surface area (Å²) in [6.07, 6.45) is -2.88. The van der Waals surface area contributed by atoms with Crippen molar-refractivity contribution < 1.29 is 8.78 Å². The number of alkyl halides is 3. The normalized spacial score (nSPS) is 9.88. The Kier molecular flexibility index (Phi) is 4.16.